The molecule has 1 unspecified atom stereocenters. The highest BCUT2D eigenvalue weighted by Crippen LogP contribution is 2.30. The van der Waals surface area contributed by atoms with Crippen LogP contribution in [0.15, 0.2) is 29.2 Å². The second-order valence-electron chi connectivity index (χ2n) is 8.24. The summed E-state index contributed by atoms with van der Waals surface area (Å²) in [5.74, 6) is 0. The van der Waals surface area contributed by atoms with Crippen molar-refractivity contribution in [1.29, 1.82) is 0 Å². The number of likely N-dealkylation sites (N-methyl/N-ethyl adjacent to an activating group) is 1. The van der Waals surface area contributed by atoms with Crippen LogP contribution < -0.4 is 0 Å². The van der Waals surface area contributed by atoms with Gasteiger partial charge in [-0.1, -0.05) is 31.9 Å². The second-order valence-corrected chi connectivity index (χ2v) is 10.2. The van der Waals surface area contributed by atoms with Crippen LogP contribution in [0.3, 0.4) is 0 Å². The van der Waals surface area contributed by atoms with Gasteiger partial charge in [0, 0.05) is 6.04 Å². The van der Waals surface area contributed by atoms with Crippen LogP contribution in [-0.2, 0) is 16.3 Å². The van der Waals surface area contributed by atoms with Crippen LogP contribution in [0.25, 0.3) is 0 Å². The van der Waals surface area contributed by atoms with Crippen molar-refractivity contribution >= 4 is 9.84 Å². The number of hydrogen-bond acceptors (Lipinski definition) is 4. The van der Waals surface area contributed by atoms with Gasteiger partial charge in [-0.3, -0.25) is 0 Å². The quantitative estimate of drug-likeness (QED) is 0.478. The van der Waals surface area contributed by atoms with E-state index in [0.29, 0.717) is 6.42 Å². The van der Waals surface area contributed by atoms with E-state index in [1.165, 1.54) is 57.3 Å². The molecular weight excluding hydrogens is 413 g/mol. The zero-order valence-electron chi connectivity index (χ0n) is 18.1. The summed E-state index contributed by atoms with van der Waals surface area (Å²) in [5.41, 5.74) is -4.43. The van der Waals surface area contributed by atoms with E-state index >= 15 is 0 Å². The molecule has 0 amide bonds. The molecule has 0 spiro atoms. The Morgan fingerprint density at radius 2 is 1.63 bits per heavy atom. The maximum atomic E-state index is 12.7. The molecule has 0 aromatic heterocycles. The first-order valence-corrected chi connectivity index (χ1v) is 12.5. The molecule has 8 heteroatoms. The van der Waals surface area contributed by atoms with Crippen molar-refractivity contribution in [3.63, 3.8) is 0 Å². The summed E-state index contributed by atoms with van der Waals surface area (Å²) in [5, 5.41) is 0. The van der Waals surface area contributed by atoms with Gasteiger partial charge in [-0.05, 0) is 89.4 Å². The van der Waals surface area contributed by atoms with Crippen molar-refractivity contribution in [2.75, 3.05) is 32.7 Å². The molecule has 1 aliphatic rings. The minimum absolute atomic E-state index is 0.234. The van der Waals surface area contributed by atoms with Crippen molar-refractivity contribution in [2.45, 2.75) is 75.2 Å². The molecule has 1 heterocycles. The highest BCUT2D eigenvalue weighted by Gasteiger charge is 2.46. The predicted octanol–water partition coefficient (Wildman–Crippen LogP) is 4.89. The van der Waals surface area contributed by atoms with Crippen molar-refractivity contribution in [1.82, 2.24) is 9.80 Å². The molecule has 2 rings (SSSR count). The summed E-state index contributed by atoms with van der Waals surface area (Å²) >= 11 is 0. The first-order valence-electron chi connectivity index (χ1n) is 11.0. The Labute approximate surface area is 179 Å². The summed E-state index contributed by atoms with van der Waals surface area (Å²) < 4.78 is 61.0. The van der Waals surface area contributed by atoms with Crippen LogP contribution in [0.2, 0.25) is 0 Å². The Kier molecular flexibility index (Phi) is 9.63. The average Bonchev–Trinajstić information content (AvgIpc) is 2.96. The monoisotopic (exact) mass is 448 g/mol. The number of benzene rings is 1. The van der Waals surface area contributed by atoms with Crippen molar-refractivity contribution in [2.24, 2.45) is 0 Å². The fourth-order valence-electron chi connectivity index (χ4n) is 4.11. The zero-order chi connectivity index (χ0) is 22.2. The smallest absolute Gasteiger partial charge is 0.303 e. The number of unbranched alkanes of at least 4 members (excludes halogenated alkanes) is 1. The average molecular weight is 449 g/mol. The molecule has 30 heavy (non-hydrogen) atoms. The molecule has 0 aliphatic carbocycles. The lowest BCUT2D eigenvalue weighted by atomic mass is 10.1. The fourth-order valence-corrected chi connectivity index (χ4v) is 4.87. The van der Waals surface area contributed by atoms with Crippen LogP contribution in [0.1, 0.15) is 57.9 Å². The molecule has 1 aliphatic heterocycles. The highest BCUT2D eigenvalue weighted by atomic mass is 32.2. The SMILES string of the molecule is CCN(CCCCN1CCCCCC1)C(C)Cc1ccc(S(=O)(=O)C(F)(F)F)cc1. The van der Waals surface area contributed by atoms with Gasteiger partial charge in [-0.25, -0.2) is 8.42 Å². The molecule has 1 aromatic carbocycles. The lowest BCUT2D eigenvalue weighted by Crippen LogP contribution is -2.35. The zero-order valence-corrected chi connectivity index (χ0v) is 18.9. The van der Waals surface area contributed by atoms with Gasteiger partial charge in [0.25, 0.3) is 9.84 Å². The van der Waals surface area contributed by atoms with Gasteiger partial charge in [-0.2, -0.15) is 13.2 Å². The van der Waals surface area contributed by atoms with Crippen LogP contribution >= 0.6 is 0 Å². The van der Waals surface area contributed by atoms with E-state index in [4.69, 9.17) is 0 Å². The standard InChI is InChI=1S/C22H35F3N2O2S/c1-3-27(17-9-8-16-26-14-6-4-5-7-15-26)19(2)18-20-10-12-21(13-11-20)30(28,29)22(23,24)25/h10-13,19H,3-9,14-18H2,1-2H3. The second kappa shape index (κ2) is 11.5. The van der Waals surface area contributed by atoms with Crippen LogP contribution in [0.5, 0.6) is 0 Å². The molecule has 0 N–H and O–H groups in total. The van der Waals surface area contributed by atoms with Crippen molar-refractivity contribution in [3.8, 4) is 0 Å². The minimum atomic E-state index is -5.28. The third-order valence-corrected chi connectivity index (χ3v) is 7.47. The maximum Gasteiger partial charge on any atom is 0.501 e. The first-order chi connectivity index (χ1) is 14.1. The van der Waals surface area contributed by atoms with Crippen LogP contribution in [-0.4, -0.2) is 62.5 Å². The fraction of sp³-hybridized carbons (Fsp3) is 0.727. The van der Waals surface area contributed by atoms with Gasteiger partial charge < -0.3 is 9.80 Å². The maximum absolute atomic E-state index is 12.7. The van der Waals surface area contributed by atoms with Crippen molar-refractivity contribution < 1.29 is 21.6 Å². The van der Waals surface area contributed by atoms with E-state index < -0.39 is 20.2 Å². The molecule has 1 atom stereocenters. The summed E-state index contributed by atoms with van der Waals surface area (Å²) in [6.45, 7) is 9.71. The molecule has 1 fully saturated rings. The van der Waals surface area contributed by atoms with Crippen LogP contribution in [0, 0.1) is 0 Å². The molecule has 4 nitrogen and oxygen atoms in total. The summed E-state index contributed by atoms with van der Waals surface area (Å²) in [6, 6.07) is 5.33. The molecular formula is C22H35F3N2O2S. The topological polar surface area (TPSA) is 40.6 Å². The van der Waals surface area contributed by atoms with E-state index in [1.807, 2.05) is 0 Å². The third kappa shape index (κ3) is 7.24. The van der Waals surface area contributed by atoms with E-state index in [2.05, 4.69) is 23.6 Å². The van der Waals surface area contributed by atoms with Crippen LogP contribution in [0.4, 0.5) is 13.2 Å². The summed E-state index contributed by atoms with van der Waals surface area (Å²) in [6.07, 6.45) is 8.28. The Morgan fingerprint density at radius 1 is 1.03 bits per heavy atom. The third-order valence-electron chi connectivity index (χ3n) is 5.97. The number of nitrogens with zero attached hydrogens (tertiary/aromatic N) is 2. The Balaban J connectivity index is 1.82. The number of sulfone groups is 1. The minimum Gasteiger partial charge on any atom is -0.303 e. The highest BCUT2D eigenvalue weighted by molar-refractivity contribution is 7.92. The number of rotatable bonds is 10. The molecule has 0 bridgehead atoms. The van der Waals surface area contributed by atoms with Gasteiger partial charge >= 0.3 is 5.51 Å². The molecule has 0 saturated carbocycles. The molecule has 1 aromatic rings. The normalized spacial score (nSPS) is 17.8. The van der Waals surface area contributed by atoms with Gasteiger partial charge in [0.1, 0.15) is 0 Å². The number of likely N-dealkylation sites (tertiary alicyclic amines) is 1. The Hall–Kier alpha value is -1.12. The van der Waals surface area contributed by atoms with Gasteiger partial charge in [0.15, 0.2) is 0 Å². The van der Waals surface area contributed by atoms with E-state index in [1.54, 1.807) is 0 Å². The lowest BCUT2D eigenvalue weighted by molar-refractivity contribution is -0.0436. The molecule has 1 saturated heterocycles. The molecule has 172 valence electrons. The number of alkyl halides is 3. The van der Waals surface area contributed by atoms with E-state index in [0.717, 1.165) is 43.8 Å². The Bertz CT molecular complexity index is 728. The number of halogens is 3. The lowest BCUT2D eigenvalue weighted by Gasteiger charge is -2.28. The summed E-state index contributed by atoms with van der Waals surface area (Å²) in [4.78, 5) is 4.25. The van der Waals surface area contributed by atoms with Crippen molar-refractivity contribution in [3.05, 3.63) is 29.8 Å². The number of hydrogen-bond donors (Lipinski definition) is 0. The Morgan fingerprint density at radius 3 is 2.17 bits per heavy atom. The van der Waals surface area contributed by atoms with E-state index in [9.17, 15) is 21.6 Å². The van der Waals surface area contributed by atoms with Gasteiger partial charge in [0.05, 0.1) is 4.90 Å². The van der Waals surface area contributed by atoms with Gasteiger partial charge in [0.2, 0.25) is 0 Å². The summed E-state index contributed by atoms with van der Waals surface area (Å²) in [7, 11) is -5.28. The largest absolute Gasteiger partial charge is 0.501 e. The van der Waals surface area contributed by atoms with E-state index in [-0.39, 0.29) is 6.04 Å². The van der Waals surface area contributed by atoms with Gasteiger partial charge in [-0.15, -0.1) is 0 Å². The predicted molar refractivity (Wildman–Crippen MR) is 114 cm³/mol. The molecule has 0 radical (unpaired) electrons. The first kappa shape index (κ1) is 25.1.